The van der Waals surface area contributed by atoms with Crippen LogP contribution >= 0.6 is 0 Å². The molecule has 7 nitrogen and oxygen atoms in total. The SMILES string of the molecule is O=NCc1nnc2[nH]cc3c2c1-c1ccccc1NC3c1ccc(O)cc1. The molecule has 27 heavy (non-hydrogen) atoms. The van der Waals surface area contributed by atoms with Crippen molar-refractivity contribution < 1.29 is 5.11 Å². The predicted octanol–water partition coefficient (Wildman–Crippen LogP) is 4.11. The van der Waals surface area contributed by atoms with E-state index >= 15 is 0 Å². The normalized spacial score (nSPS) is 15.0. The fourth-order valence-corrected chi connectivity index (χ4v) is 3.75. The first kappa shape index (κ1) is 15.5. The van der Waals surface area contributed by atoms with E-state index in [0.29, 0.717) is 11.3 Å². The number of nitroso groups, excluding NO2 is 1. The number of aromatic hydroxyl groups is 1. The Kier molecular flexibility index (Phi) is 3.39. The van der Waals surface area contributed by atoms with Gasteiger partial charge in [0.2, 0.25) is 0 Å². The van der Waals surface area contributed by atoms with Crippen molar-refractivity contribution in [2.75, 3.05) is 5.32 Å². The van der Waals surface area contributed by atoms with Crippen molar-refractivity contribution in [3.8, 4) is 16.9 Å². The van der Waals surface area contributed by atoms with Gasteiger partial charge >= 0.3 is 0 Å². The zero-order valence-corrected chi connectivity index (χ0v) is 14.2. The van der Waals surface area contributed by atoms with Gasteiger partial charge in [-0.05, 0) is 23.8 Å². The molecule has 0 spiro atoms. The molecule has 3 N–H and O–H groups in total. The van der Waals surface area contributed by atoms with E-state index < -0.39 is 0 Å². The molecule has 3 heterocycles. The maximum Gasteiger partial charge on any atom is 0.160 e. The van der Waals surface area contributed by atoms with Gasteiger partial charge in [-0.3, -0.25) is 0 Å². The van der Waals surface area contributed by atoms with Crippen LogP contribution in [0.15, 0.2) is 59.9 Å². The second kappa shape index (κ2) is 5.91. The number of phenolic OH excluding ortho intramolecular Hbond substituents is 1. The molecule has 1 unspecified atom stereocenters. The number of nitrogens with one attached hydrogen (secondary N) is 2. The van der Waals surface area contributed by atoms with Crippen molar-refractivity contribution in [1.29, 1.82) is 0 Å². The van der Waals surface area contributed by atoms with Crippen molar-refractivity contribution >= 4 is 16.7 Å². The lowest BCUT2D eigenvalue weighted by molar-refractivity contribution is 0.475. The zero-order valence-electron chi connectivity index (χ0n) is 14.2. The van der Waals surface area contributed by atoms with Gasteiger partial charge in [0.15, 0.2) is 5.65 Å². The van der Waals surface area contributed by atoms with Crippen molar-refractivity contribution in [3.63, 3.8) is 0 Å². The number of rotatable bonds is 3. The number of H-pyrrole nitrogens is 1. The lowest BCUT2D eigenvalue weighted by Crippen LogP contribution is -2.11. The van der Waals surface area contributed by atoms with Gasteiger partial charge in [0.1, 0.15) is 12.3 Å². The fraction of sp³-hybridized carbons (Fsp3) is 0.100. The average molecular weight is 357 g/mol. The van der Waals surface area contributed by atoms with E-state index in [1.54, 1.807) is 12.1 Å². The van der Waals surface area contributed by atoms with Crippen LogP contribution in [0.4, 0.5) is 5.69 Å². The number of aromatic nitrogens is 3. The van der Waals surface area contributed by atoms with Gasteiger partial charge in [-0.15, -0.1) is 5.10 Å². The van der Waals surface area contributed by atoms with Crippen LogP contribution in [0, 0.1) is 4.91 Å². The van der Waals surface area contributed by atoms with Crippen molar-refractivity contribution in [1.82, 2.24) is 15.2 Å². The first-order valence-electron chi connectivity index (χ1n) is 8.57. The third-order valence-electron chi connectivity index (χ3n) is 4.95. The molecular formula is C20H15N5O2. The van der Waals surface area contributed by atoms with Gasteiger partial charge < -0.3 is 15.4 Å². The molecule has 1 atom stereocenters. The first-order valence-corrected chi connectivity index (χ1v) is 8.57. The number of benzene rings is 2. The number of anilines is 1. The molecule has 132 valence electrons. The molecule has 0 saturated heterocycles. The zero-order chi connectivity index (χ0) is 18.4. The molecule has 2 aromatic carbocycles. The van der Waals surface area contributed by atoms with Crippen LogP contribution in [0.2, 0.25) is 0 Å². The standard InChI is InChI=1S/C20H15N5O2/c26-12-7-5-11(6-8-12)19-14-9-21-20-18(14)17(16(10-22-27)24-25-20)13-3-1-2-4-15(13)23-19/h1-9,19,23,26H,10H2,(H,21,25). The summed E-state index contributed by atoms with van der Waals surface area (Å²) in [5.74, 6) is 0.220. The van der Waals surface area contributed by atoms with E-state index in [2.05, 4.69) is 25.7 Å². The number of hydrogen-bond donors (Lipinski definition) is 3. The summed E-state index contributed by atoms with van der Waals surface area (Å²) in [6.45, 7) is -0.0406. The molecule has 0 radical (unpaired) electrons. The summed E-state index contributed by atoms with van der Waals surface area (Å²) in [7, 11) is 0. The molecule has 7 heteroatoms. The van der Waals surface area contributed by atoms with Crippen LogP contribution in [0.25, 0.3) is 22.2 Å². The number of aromatic amines is 1. The van der Waals surface area contributed by atoms with Crippen LogP contribution in [-0.4, -0.2) is 20.3 Å². The summed E-state index contributed by atoms with van der Waals surface area (Å²) in [4.78, 5) is 14.2. The highest BCUT2D eigenvalue weighted by atomic mass is 16.3. The Bertz CT molecular complexity index is 1170. The van der Waals surface area contributed by atoms with Gasteiger partial charge in [-0.1, -0.05) is 35.5 Å². The van der Waals surface area contributed by atoms with E-state index in [1.807, 2.05) is 42.6 Å². The smallest absolute Gasteiger partial charge is 0.160 e. The van der Waals surface area contributed by atoms with Crippen LogP contribution in [0.5, 0.6) is 5.75 Å². The molecule has 0 aliphatic carbocycles. The van der Waals surface area contributed by atoms with E-state index in [9.17, 15) is 10.0 Å². The predicted molar refractivity (Wildman–Crippen MR) is 102 cm³/mol. The first-order chi connectivity index (χ1) is 13.3. The Morgan fingerprint density at radius 3 is 2.70 bits per heavy atom. The molecule has 5 rings (SSSR count). The van der Waals surface area contributed by atoms with Gasteiger partial charge in [0.25, 0.3) is 0 Å². The third-order valence-corrected chi connectivity index (χ3v) is 4.95. The minimum Gasteiger partial charge on any atom is -0.508 e. The van der Waals surface area contributed by atoms with Crippen molar-refractivity contribution in [2.24, 2.45) is 5.18 Å². The molecule has 1 aliphatic heterocycles. The summed E-state index contributed by atoms with van der Waals surface area (Å²) in [5, 5.41) is 25.7. The lowest BCUT2D eigenvalue weighted by Gasteiger charge is -2.19. The topological polar surface area (TPSA) is 103 Å². The highest BCUT2D eigenvalue weighted by molar-refractivity contribution is 6.02. The van der Waals surface area contributed by atoms with Crippen LogP contribution in [0.3, 0.4) is 0 Å². The quantitative estimate of drug-likeness (QED) is 0.479. The third kappa shape index (κ3) is 2.36. The molecule has 0 bridgehead atoms. The van der Waals surface area contributed by atoms with Gasteiger partial charge in [0.05, 0.1) is 11.7 Å². The highest BCUT2D eigenvalue weighted by Gasteiger charge is 2.28. The number of fused-ring (bicyclic) bond motifs is 2. The van der Waals surface area contributed by atoms with E-state index in [4.69, 9.17) is 0 Å². The summed E-state index contributed by atoms with van der Waals surface area (Å²) < 4.78 is 0. The second-order valence-electron chi connectivity index (χ2n) is 6.49. The number of nitrogens with zero attached hydrogens (tertiary/aromatic N) is 3. The van der Waals surface area contributed by atoms with Gasteiger partial charge in [-0.25, -0.2) is 0 Å². The lowest BCUT2D eigenvalue weighted by atomic mass is 9.96. The maximum absolute atomic E-state index is 11.0. The molecule has 0 saturated carbocycles. The Morgan fingerprint density at radius 2 is 1.89 bits per heavy atom. The Hall–Kier alpha value is -3.74. The van der Waals surface area contributed by atoms with Gasteiger partial charge in [-0.2, -0.15) is 10.0 Å². The molecule has 2 aromatic heterocycles. The summed E-state index contributed by atoms with van der Waals surface area (Å²) in [6, 6.07) is 14.9. The summed E-state index contributed by atoms with van der Waals surface area (Å²) in [5.41, 5.74) is 6.00. The Morgan fingerprint density at radius 1 is 1.07 bits per heavy atom. The fourth-order valence-electron chi connectivity index (χ4n) is 3.75. The van der Waals surface area contributed by atoms with Crippen molar-refractivity contribution in [2.45, 2.75) is 12.6 Å². The Balaban J connectivity index is 1.85. The number of hydrogen-bond acceptors (Lipinski definition) is 6. The van der Waals surface area contributed by atoms with Crippen LogP contribution < -0.4 is 5.32 Å². The minimum atomic E-state index is -0.150. The molecule has 1 aliphatic rings. The maximum atomic E-state index is 11.0. The van der Waals surface area contributed by atoms with E-state index in [1.165, 1.54) is 0 Å². The molecule has 0 amide bonds. The molecular weight excluding hydrogens is 342 g/mol. The van der Waals surface area contributed by atoms with Crippen LogP contribution in [0.1, 0.15) is 22.9 Å². The second-order valence-corrected chi connectivity index (χ2v) is 6.49. The Labute approximate surface area is 154 Å². The number of para-hydroxylation sites is 1. The largest absolute Gasteiger partial charge is 0.508 e. The number of phenols is 1. The average Bonchev–Trinajstić information content (AvgIpc) is 3.05. The van der Waals surface area contributed by atoms with Gasteiger partial charge in [0, 0.05) is 34.0 Å². The summed E-state index contributed by atoms with van der Waals surface area (Å²) in [6.07, 6.45) is 1.91. The van der Waals surface area contributed by atoms with Crippen molar-refractivity contribution in [3.05, 3.63) is 76.5 Å². The van der Waals surface area contributed by atoms with E-state index in [-0.39, 0.29) is 18.3 Å². The molecule has 4 aromatic rings. The highest BCUT2D eigenvalue weighted by Crippen LogP contribution is 2.44. The molecule has 0 fully saturated rings. The monoisotopic (exact) mass is 357 g/mol. The van der Waals surface area contributed by atoms with E-state index in [0.717, 1.165) is 33.3 Å². The minimum absolute atomic E-state index is 0.0406. The summed E-state index contributed by atoms with van der Waals surface area (Å²) >= 11 is 0. The van der Waals surface area contributed by atoms with Crippen LogP contribution in [-0.2, 0) is 6.54 Å².